The number of benzene rings is 1. The van der Waals surface area contributed by atoms with Crippen LogP contribution in [0.3, 0.4) is 0 Å². The summed E-state index contributed by atoms with van der Waals surface area (Å²) >= 11 is 0. The summed E-state index contributed by atoms with van der Waals surface area (Å²) in [5.74, 6) is 0.500. The highest BCUT2D eigenvalue weighted by molar-refractivity contribution is 5.78. The number of amides is 1. The van der Waals surface area contributed by atoms with E-state index >= 15 is 0 Å². The molecule has 2 rings (SSSR count). The zero-order chi connectivity index (χ0) is 15.1. The van der Waals surface area contributed by atoms with Crippen molar-refractivity contribution in [3.8, 4) is 11.5 Å². The fourth-order valence-electron chi connectivity index (χ4n) is 1.96. The van der Waals surface area contributed by atoms with Gasteiger partial charge in [-0.1, -0.05) is 30.4 Å². The Kier molecular flexibility index (Phi) is 5.10. The molecule has 2 aromatic rings. The summed E-state index contributed by atoms with van der Waals surface area (Å²) in [4.78, 5) is 18.2. The van der Waals surface area contributed by atoms with E-state index in [9.17, 15) is 4.79 Å². The van der Waals surface area contributed by atoms with Crippen molar-refractivity contribution in [3.05, 3.63) is 67.6 Å². The lowest BCUT2D eigenvalue weighted by Crippen LogP contribution is -2.32. The van der Waals surface area contributed by atoms with E-state index in [1.165, 1.54) is 6.26 Å². The van der Waals surface area contributed by atoms with Gasteiger partial charge in [-0.25, -0.2) is 4.98 Å². The maximum Gasteiger partial charge on any atom is 0.229 e. The van der Waals surface area contributed by atoms with Crippen molar-refractivity contribution in [1.82, 2.24) is 9.88 Å². The summed E-state index contributed by atoms with van der Waals surface area (Å²) in [7, 11) is 0. The quantitative estimate of drug-likeness (QED) is 0.733. The summed E-state index contributed by atoms with van der Waals surface area (Å²) < 4.78 is 5.43. The zero-order valence-corrected chi connectivity index (χ0v) is 11.9. The minimum Gasteiger partial charge on any atom is -0.444 e. The molecule has 0 saturated carbocycles. The van der Waals surface area contributed by atoms with Gasteiger partial charge in [-0.15, -0.1) is 13.2 Å². The molecule has 1 amide bonds. The van der Waals surface area contributed by atoms with Crippen molar-refractivity contribution in [3.63, 3.8) is 0 Å². The van der Waals surface area contributed by atoms with E-state index in [0.717, 1.165) is 5.56 Å². The number of hydrogen-bond acceptors (Lipinski definition) is 3. The molecule has 0 saturated heterocycles. The van der Waals surface area contributed by atoms with Gasteiger partial charge in [0.2, 0.25) is 11.8 Å². The van der Waals surface area contributed by atoms with Gasteiger partial charge in [-0.2, -0.15) is 0 Å². The Hall–Kier alpha value is -2.62. The van der Waals surface area contributed by atoms with Crippen LogP contribution in [0.4, 0.5) is 0 Å². The van der Waals surface area contributed by atoms with E-state index < -0.39 is 0 Å². The van der Waals surface area contributed by atoms with Gasteiger partial charge in [-0.3, -0.25) is 4.79 Å². The predicted octanol–water partition coefficient (Wildman–Crippen LogP) is 3.08. The monoisotopic (exact) mass is 282 g/mol. The highest BCUT2D eigenvalue weighted by Crippen LogP contribution is 2.18. The first-order valence-electron chi connectivity index (χ1n) is 6.74. The maximum absolute atomic E-state index is 12.2. The highest BCUT2D eigenvalue weighted by Gasteiger charge is 2.14. The van der Waals surface area contributed by atoms with Gasteiger partial charge in [0.15, 0.2) is 0 Å². The third kappa shape index (κ3) is 3.92. The summed E-state index contributed by atoms with van der Waals surface area (Å²) in [6, 6.07) is 9.60. The number of rotatable bonds is 7. The summed E-state index contributed by atoms with van der Waals surface area (Å²) in [5, 5.41) is 0. The molecular weight excluding hydrogens is 264 g/mol. The van der Waals surface area contributed by atoms with Crippen LogP contribution < -0.4 is 0 Å². The number of carbonyl (C=O) groups is 1. The van der Waals surface area contributed by atoms with Crippen LogP contribution in [0.2, 0.25) is 0 Å². The molecule has 1 heterocycles. The van der Waals surface area contributed by atoms with Crippen molar-refractivity contribution in [2.45, 2.75) is 6.42 Å². The molecule has 0 aliphatic carbocycles. The summed E-state index contributed by atoms with van der Waals surface area (Å²) in [6.07, 6.45) is 5.12. The van der Waals surface area contributed by atoms with Gasteiger partial charge in [0.25, 0.3) is 0 Å². The molecule has 0 aliphatic rings. The fourth-order valence-corrected chi connectivity index (χ4v) is 1.96. The Bertz CT molecular complexity index is 607. The highest BCUT2D eigenvalue weighted by atomic mass is 16.3. The summed E-state index contributed by atoms with van der Waals surface area (Å²) in [5.41, 5.74) is 1.52. The molecule has 4 nitrogen and oxygen atoms in total. The number of oxazole rings is 1. The van der Waals surface area contributed by atoms with Gasteiger partial charge in [-0.05, 0) is 12.1 Å². The fraction of sp³-hybridized carbons (Fsp3) is 0.176. The Morgan fingerprint density at radius 2 is 1.86 bits per heavy atom. The molecule has 4 heteroatoms. The lowest BCUT2D eigenvalue weighted by atomic mass is 10.2. The molecule has 0 N–H and O–H groups in total. The molecule has 0 radical (unpaired) electrons. The van der Waals surface area contributed by atoms with Crippen LogP contribution in [-0.4, -0.2) is 28.9 Å². The van der Waals surface area contributed by atoms with Crippen LogP contribution in [0.15, 0.2) is 66.3 Å². The lowest BCUT2D eigenvalue weighted by Gasteiger charge is -2.18. The van der Waals surface area contributed by atoms with Crippen LogP contribution in [0, 0.1) is 0 Å². The van der Waals surface area contributed by atoms with Gasteiger partial charge in [0, 0.05) is 18.7 Å². The number of aromatic nitrogens is 1. The number of hydrogen-bond donors (Lipinski definition) is 0. The molecule has 1 aromatic carbocycles. The van der Waals surface area contributed by atoms with Crippen molar-refractivity contribution in [2.24, 2.45) is 0 Å². The summed E-state index contributed by atoms with van der Waals surface area (Å²) in [6.45, 7) is 8.30. The van der Waals surface area contributed by atoms with Gasteiger partial charge < -0.3 is 9.32 Å². The largest absolute Gasteiger partial charge is 0.444 e. The van der Waals surface area contributed by atoms with E-state index in [1.54, 1.807) is 17.1 Å². The van der Waals surface area contributed by atoms with Crippen molar-refractivity contribution < 1.29 is 9.21 Å². The lowest BCUT2D eigenvalue weighted by molar-refractivity contribution is -0.129. The second kappa shape index (κ2) is 7.24. The van der Waals surface area contributed by atoms with Gasteiger partial charge >= 0.3 is 0 Å². The average Bonchev–Trinajstić information content (AvgIpc) is 2.96. The first-order valence-corrected chi connectivity index (χ1v) is 6.74. The van der Waals surface area contributed by atoms with Crippen LogP contribution in [0.1, 0.15) is 5.69 Å². The smallest absolute Gasteiger partial charge is 0.229 e. The van der Waals surface area contributed by atoms with E-state index in [1.807, 2.05) is 30.3 Å². The first-order chi connectivity index (χ1) is 10.2. The van der Waals surface area contributed by atoms with Crippen LogP contribution >= 0.6 is 0 Å². The topological polar surface area (TPSA) is 46.3 Å². The normalized spacial score (nSPS) is 10.1. The van der Waals surface area contributed by atoms with Crippen LogP contribution in [0.25, 0.3) is 11.5 Å². The number of nitrogens with zero attached hydrogens (tertiary/aromatic N) is 2. The van der Waals surface area contributed by atoms with Crippen molar-refractivity contribution >= 4 is 5.91 Å². The third-order valence-corrected chi connectivity index (χ3v) is 2.96. The van der Waals surface area contributed by atoms with E-state index in [4.69, 9.17) is 4.42 Å². The molecule has 0 fully saturated rings. The Morgan fingerprint density at radius 1 is 1.19 bits per heavy atom. The van der Waals surface area contributed by atoms with Gasteiger partial charge in [0.05, 0.1) is 12.1 Å². The molecule has 0 aliphatic heterocycles. The predicted molar refractivity (Wildman–Crippen MR) is 82.6 cm³/mol. The molecule has 0 spiro atoms. The molecule has 0 bridgehead atoms. The minimum absolute atomic E-state index is 0.0253. The number of carbonyl (C=O) groups excluding carboxylic acids is 1. The van der Waals surface area contributed by atoms with Crippen LogP contribution in [0.5, 0.6) is 0 Å². The zero-order valence-electron chi connectivity index (χ0n) is 11.9. The second-order valence-electron chi connectivity index (χ2n) is 4.56. The molecule has 0 atom stereocenters. The Labute approximate surface area is 124 Å². The van der Waals surface area contributed by atoms with Crippen molar-refractivity contribution in [1.29, 1.82) is 0 Å². The minimum atomic E-state index is -0.0253. The Morgan fingerprint density at radius 3 is 2.48 bits per heavy atom. The first kappa shape index (κ1) is 14.8. The Balaban J connectivity index is 2.06. The molecule has 0 unspecified atom stereocenters. The van der Waals surface area contributed by atoms with Gasteiger partial charge in [0.1, 0.15) is 6.26 Å². The maximum atomic E-state index is 12.2. The molecule has 21 heavy (non-hydrogen) atoms. The molecular formula is C17H18N2O2. The average molecular weight is 282 g/mol. The molecule has 108 valence electrons. The standard InChI is InChI=1S/C17H18N2O2/c1-3-10-19(11-4-2)16(20)12-15-13-21-17(18-15)14-8-6-5-7-9-14/h3-9,13H,1-2,10-12H2. The van der Waals surface area contributed by atoms with Crippen molar-refractivity contribution in [2.75, 3.05) is 13.1 Å². The van der Waals surface area contributed by atoms with Crippen LogP contribution in [-0.2, 0) is 11.2 Å². The molecule has 1 aromatic heterocycles. The van der Waals surface area contributed by atoms with E-state index in [-0.39, 0.29) is 12.3 Å². The second-order valence-corrected chi connectivity index (χ2v) is 4.56. The van der Waals surface area contributed by atoms with E-state index in [2.05, 4.69) is 18.1 Å². The third-order valence-electron chi connectivity index (χ3n) is 2.96. The van der Waals surface area contributed by atoms with E-state index in [0.29, 0.717) is 24.7 Å². The SMILES string of the molecule is C=CCN(CC=C)C(=O)Cc1coc(-c2ccccc2)n1.